The number of amides is 1. The third kappa shape index (κ3) is 6.89. The van der Waals surface area contributed by atoms with E-state index >= 15 is 0 Å². The van der Waals surface area contributed by atoms with E-state index in [1.807, 2.05) is 19.1 Å². The summed E-state index contributed by atoms with van der Waals surface area (Å²) in [5, 5.41) is 6.50. The third-order valence-electron chi connectivity index (χ3n) is 3.56. The highest BCUT2D eigenvalue weighted by Gasteiger charge is 2.05. The first-order valence-corrected chi connectivity index (χ1v) is 8.33. The molecule has 2 N–H and O–H groups in total. The first-order valence-electron chi connectivity index (χ1n) is 8.33. The Morgan fingerprint density at radius 1 is 1.29 bits per heavy atom. The number of carbonyl (C=O) groups excluding carboxylic acids is 1. The Labute approximate surface area is 145 Å². The Morgan fingerprint density at radius 3 is 2.67 bits per heavy atom. The number of methoxy groups -OCH3 is 1. The van der Waals surface area contributed by atoms with Crippen LogP contribution in [0.2, 0.25) is 0 Å². The number of benzene rings is 1. The van der Waals surface area contributed by atoms with Crippen molar-refractivity contribution in [3.63, 3.8) is 0 Å². The van der Waals surface area contributed by atoms with Gasteiger partial charge in [-0.25, -0.2) is 0 Å². The summed E-state index contributed by atoms with van der Waals surface area (Å²) >= 11 is 0. The van der Waals surface area contributed by atoms with Crippen molar-refractivity contribution < 1.29 is 9.53 Å². The van der Waals surface area contributed by atoms with Gasteiger partial charge in [-0.3, -0.25) is 9.79 Å². The van der Waals surface area contributed by atoms with Gasteiger partial charge in [-0.05, 0) is 31.9 Å². The minimum absolute atomic E-state index is 0.0825. The Bertz CT molecular complexity index is 556. The van der Waals surface area contributed by atoms with Crippen molar-refractivity contribution in [1.82, 2.24) is 15.5 Å². The van der Waals surface area contributed by atoms with Crippen molar-refractivity contribution in [1.29, 1.82) is 0 Å². The molecule has 0 bridgehead atoms. The highest BCUT2D eigenvalue weighted by molar-refractivity contribution is 5.80. The number of rotatable bonds is 8. The molecule has 0 aliphatic carbocycles. The van der Waals surface area contributed by atoms with Crippen LogP contribution in [0, 0.1) is 6.92 Å². The van der Waals surface area contributed by atoms with Crippen molar-refractivity contribution in [2.45, 2.75) is 26.7 Å². The summed E-state index contributed by atoms with van der Waals surface area (Å²) in [7, 11) is 5.20. The van der Waals surface area contributed by atoms with Gasteiger partial charge in [0, 0.05) is 33.6 Å². The molecule has 0 aromatic heterocycles. The highest BCUT2D eigenvalue weighted by Crippen LogP contribution is 2.19. The summed E-state index contributed by atoms with van der Waals surface area (Å²) in [4.78, 5) is 17.6. The van der Waals surface area contributed by atoms with Gasteiger partial charge < -0.3 is 20.3 Å². The molecule has 0 saturated heterocycles. The smallest absolute Gasteiger partial charge is 0.223 e. The number of nitrogens with one attached hydrogen (secondary N) is 2. The highest BCUT2D eigenvalue weighted by atomic mass is 16.5. The summed E-state index contributed by atoms with van der Waals surface area (Å²) in [6, 6.07) is 6.18. The third-order valence-corrected chi connectivity index (χ3v) is 3.56. The molecule has 0 spiro atoms. The van der Waals surface area contributed by atoms with Crippen LogP contribution in [-0.4, -0.2) is 57.6 Å². The van der Waals surface area contributed by atoms with Crippen LogP contribution in [0.25, 0.3) is 0 Å². The lowest BCUT2D eigenvalue weighted by molar-refractivity contribution is -0.128. The van der Waals surface area contributed by atoms with E-state index in [4.69, 9.17) is 4.74 Å². The van der Waals surface area contributed by atoms with Crippen molar-refractivity contribution in [2.75, 3.05) is 40.8 Å². The van der Waals surface area contributed by atoms with Gasteiger partial charge in [0.2, 0.25) is 5.91 Å². The van der Waals surface area contributed by atoms with Gasteiger partial charge >= 0.3 is 0 Å². The van der Waals surface area contributed by atoms with Crippen LogP contribution in [0.15, 0.2) is 23.2 Å². The molecule has 6 nitrogen and oxygen atoms in total. The van der Waals surface area contributed by atoms with Crippen LogP contribution < -0.4 is 15.4 Å². The second-order valence-electron chi connectivity index (χ2n) is 5.79. The van der Waals surface area contributed by atoms with Crippen LogP contribution >= 0.6 is 0 Å². The molecule has 0 aliphatic heterocycles. The Kier molecular flexibility index (Phi) is 8.68. The van der Waals surface area contributed by atoms with Crippen molar-refractivity contribution >= 4 is 11.9 Å². The normalized spacial score (nSPS) is 11.1. The molecular formula is C18H30N4O2. The molecule has 6 heteroatoms. The second kappa shape index (κ2) is 10.5. The molecule has 134 valence electrons. The maximum atomic E-state index is 11.6. The minimum Gasteiger partial charge on any atom is -0.496 e. The summed E-state index contributed by atoms with van der Waals surface area (Å²) in [6.45, 7) is 6.09. The molecule has 0 heterocycles. The fourth-order valence-corrected chi connectivity index (χ4v) is 2.25. The molecule has 1 rings (SSSR count). The monoisotopic (exact) mass is 334 g/mol. The summed E-state index contributed by atoms with van der Waals surface area (Å²) < 4.78 is 5.40. The Hall–Kier alpha value is -2.24. The van der Waals surface area contributed by atoms with E-state index in [-0.39, 0.29) is 5.91 Å². The molecule has 0 atom stereocenters. The number of hydrogen-bond donors (Lipinski definition) is 2. The zero-order chi connectivity index (χ0) is 17.9. The fraction of sp³-hybridized carbons (Fsp3) is 0.556. The standard InChI is InChI=1S/C18H30N4O2/c1-6-19-18(21-12-10-17(23)22(3)4)20-11-9-15-13-14(2)7-8-16(15)24-5/h7-8,13H,6,9-12H2,1-5H3,(H2,19,20,21). The zero-order valence-corrected chi connectivity index (χ0v) is 15.5. The number of aliphatic imine (C=N–C) groups is 1. The first kappa shape index (κ1) is 19.8. The van der Waals surface area contributed by atoms with Crippen molar-refractivity contribution in [3.05, 3.63) is 29.3 Å². The van der Waals surface area contributed by atoms with E-state index in [9.17, 15) is 4.79 Å². The number of hydrogen-bond acceptors (Lipinski definition) is 3. The van der Waals surface area contributed by atoms with E-state index in [1.54, 1.807) is 26.1 Å². The van der Waals surface area contributed by atoms with Gasteiger partial charge in [0.25, 0.3) is 0 Å². The average Bonchev–Trinajstić information content (AvgIpc) is 2.54. The van der Waals surface area contributed by atoms with E-state index in [0.29, 0.717) is 13.0 Å². The van der Waals surface area contributed by atoms with E-state index < -0.39 is 0 Å². The van der Waals surface area contributed by atoms with Crippen molar-refractivity contribution in [3.8, 4) is 5.75 Å². The van der Waals surface area contributed by atoms with Gasteiger partial charge in [0.05, 0.1) is 13.7 Å². The maximum absolute atomic E-state index is 11.6. The molecule has 1 aromatic rings. The molecule has 0 saturated carbocycles. The van der Waals surface area contributed by atoms with Crippen LogP contribution in [0.1, 0.15) is 24.5 Å². The largest absolute Gasteiger partial charge is 0.496 e. The molecule has 1 amide bonds. The Morgan fingerprint density at radius 2 is 2.04 bits per heavy atom. The van der Waals surface area contributed by atoms with Crippen molar-refractivity contribution in [2.24, 2.45) is 4.99 Å². The van der Waals surface area contributed by atoms with E-state index in [1.165, 1.54) is 11.1 Å². The lowest BCUT2D eigenvalue weighted by Gasteiger charge is -2.13. The lowest BCUT2D eigenvalue weighted by Crippen LogP contribution is -2.38. The summed E-state index contributed by atoms with van der Waals surface area (Å²) in [5.74, 6) is 1.72. The van der Waals surface area contributed by atoms with Gasteiger partial charge in [-0.2, -0.15) is 0 Å². The first-order chi connectivity index (χ1) is 11.5. The topological polar surface area (TPSA) is 66.0 Å². The molecule has 0 fully saturated rings. The zero-order valence-electron chi connectivity index (χ0n) is 15.5. The Balaban J connectivity index is 2.54. The van der Waals surface area contributed by atoms with Crippen LogP contribution in [0.4, 0.5) is 0 Å². The molecule has 0 unspecified atom stereocenters. The minimum atomic E-state index is 0.0825. The molecule has 0 aliphatic rings. The predicted molar refractivity (Wildman–Crippen MR) is 98.7 cm³/mol. The average molecular weight is 334 g/mol. The van der Waals surface area contributed by atoms with Crippen LogP contribution in [0.5, 0.6) is 5.75 Å². The molecule has 0 radical (unpaired) electrons. The van der Waals surface area contributed by atoms with Gasteiger partial charge in [-0.1, -0.05) is 17.7 Å². The molecule has 1 aromatic carbocycles. The predicted octanol–water partition coefficient (Wildman–Crippen LogP) is 1.58. The maximum Gasteiger partial charge on any atom is 0.223 e. The molecule has 24 heavy (non-hydrogen) atoms. The number of guanidine groups is 1. The van der Waals surface area contributed by atoms with Gasteiger partial charge in [0.15, 0.2) is 5.96 Å². The van der Waals surface area contributed by atoms with Crippen LogP contribution in [0.3, 0.4) is 0 Å². The SMILES string of the molecule is CCNC(=NCCC(=O)N(C)C)NCCc1cc(C)ccc1OC. The second-order valence-corrected chi connectivity index (χ2v) is 5.79. The number of carbonyl (C=O) groups is 1. The van der Waals surface area contributed by atoms with E-state index in [0.717, 1.165) is 31.2 Å². The molecular weight excluding hydrogens is 304 g/mol. The lowest BCUT2D eigenvalue weighted by atomic mass is 10.1. The fourth-order valence-electron chi connectivity index (χ4n) is 2.25. The quantitative estimate of drug-likeness (QED) is 0.560. The number of nitrogens with zero attached hydrogens (tertiary/aromatic N) is 2. The van der Waals surface area contributed by atoms with Gasteiger partial charge in [-0.15, -0.1) is 0 Å². The van der Waals surface area contributed by atoms with Crippen LogP contribution in [-0.2, 0) is 11.2 Å². The number of aryl methyl sites for hydroxylation is 1. The van der Waals surface area contributed by atoms with Gasteiger partial charge in [0.1, 0.15) is 5.75 Å². The number of ether oxygens (including phenoxy) is 1. The summed E-state index contributed by atoms with van der Waals surface area (Å²) in [5.41, 5.74) is 2.39. The summed E-state index contributed by atoms with van der Waals surface area (Å²) in [6.07, 6.45) is 1.25. The van der Waals surface area contributed by atoms with E-state index in [2.05, 4.69) is 28.6 Å².